The molecule has 0 fully saturated rings. The molecule has 0 saturated heterocycles. The Morgan fingerprint density at radius 1 is 1.21 bits per heavy atom. The summed E-state index contributed by atoms with van der Waals surface area (Å²) in [5.74, 6) is 0. The van der Waals surface area contributed by atoms with Crippen LogP contribution in [0.4, 0.5) is 0 Å². The van der Waals surface area contributed by atoms with E-state index in [9.17, 15) is 0 Å². The van der Waals surface area contributed by atoms with Crippen LogP contribution in [0.3, 0.4) is 0 Å². The molecular weight excluding hydrogens is 274 g/mol. The minimum atomic E-state index is 0.189. The Morgan fingerprint density at radius 3 is 2.53 bits per heavy atom. The number of aryl methyl sites for hydroxylation is 2. The van der Waals surface area contributed by atoms with Gasteiger partial charge in [-0.3, -0.25) is 0 Å². The van der Waals surface area contributed by atoms with E-state index in [1.165, 1.54) is 21.6 Å². The SMILES string of the molecule is CCc1ccc(CC)c(C(NC)c2sccc2Cl)c1. The third-order valence-electron chi connectivity index (χ3n) is 3.51. The molecule has 0 spiro atoms. The maximum atomic E-state index is 6.30. The summed E-state index contributed by atoms with van der Waals surface area (Å²) in [5, 5.41) is 6.32. The molecule has 0 aliphatic rings. The van der Waals surface area contributed by atoms with Crippen molar-refractivity contribution in [2.24, 2.45) is 0 Å². The van der Waals surface area contributed by atoms with Gasteiger partial charge in [-0.2, -0.15) is 0 Å². The summed E-state index contributed by atoms with van der Waals surface area (Å²) in [6.07, 6.45) is 2.10. The van der Waals surface area contributed by atoms with Gasteiger partial charge in [-0.25, -0.2) is 0 Å². The zero-order chi connectivity index (χ0) is 13.8. The largest absolute Gasteiger partial charge is 0.309 e. The van der Waals surface area contributed by atoms with Crippen molar-refractivity contribution in [3.63, 3.8) is 0 Å². The quantitative estimate of drug-likeness (QED) is 0.832. The smallest absolute Gasteiger partial charge is 0.0686 e. The number of halogens is 1. The summed E-state index contributed by atoms with van der Waals surface area (Å²) < 4.78 is 0. The van der Waals surface area contributed by atoms with Gasteiger partial charge in [0, 0.05) is 4.88 Å². The Labute approximate surface area is 124 Å². The van der Waals surface area contributed by atoms with Gasteiger partial charge in [0.1, 0.15) is 0 Å². The first-order chi connectivity index (χ1) is 9.21. The average molecular weight is 294 g/mol. The molecule has 0 aliphatic carbocycles. The highest BCUT2D eigenvalue weighted by Gasteiger charge is 2.19. The first-order valence-corrected chi connectivity index (χ1v) is 7.98. The number of hydrogen-bond acceptors (Lipinski definition) is 2. The van der Waals surface area contributed by atoms with Gasteiger partial charge in [0.05, 0.1) is 11.1 Å². The van der Waals surface area contributed by atoms with Crippen LogP contribution in [0.1, 0.15) is 41.5 Å². The lowest BCUT2D eigenvalue weighted by molar-refractivity contribution is 0.694. The van der Waals surface area contributed by atoms with Crippen LogP contribution in [0.5, 0.6) is 0 Å². The fourth-order valence-corrected chi connectivity index (χ4v) is 3.69. The van der Waals surface area contributed by atoms with Crippen molar-refractivity contribution in [1.82, 2.24) is 5.32 Å². The van der Waals surface area contributed by atoms with Gasteiger partial charge in [0.2, 0.25) is 0 Å². The number of hydrogen-bond donors (Lipinski definition) is 1. The van der Waals surface area contributed by atoms with E-state index in [1.54, 1.807) is 11.3 Å². The molecule has 1 unspecified atom stereocenters. The lowest BCUT2D eigenvalue weighted by Gasteiger charge is -2.20. The second kappa shape index (κ2) is 6.56. The van der Waals surface area contributed by atoms with Crippen molar-refractivity contribution >= 4 is 22.9 Å². The van der Waals surface area contributed by atoms with Crippen LogP contribution in [0.25, 0.3) is 0 Å². The number of rotatable bonds is 5. The highest BCUT2D eigenvalue weighted by atomic mass is 35.5. The normalized spacial score (nSPS) is 12.6. The van der Waals surface area contributed by atoms with Crippen molar-refractivity contribution < 1.29 is 0 Å². The van der Waals surface area contributed by atoms with Crippen molar-refractivity contribution in [3.05, 3.63) is 56.2 Å². The van der Waals surface area contributed by atoms with Gasteiger partial charge in [0.25, 0.3) is 0 Å². The lowest BCUT2D eigenvalue weighted by Crippen LogP contribution is -2.18. The third-order valence-corrected chi connectivity index (χ3v) is 4.93. The van der Waals surface area contributed by atoms with E-state index in [1.807, 2.05) is 13.1 Å². The van der Waals surface area contributed by atoms with E-state index in [4.69, 9.17) is 11.6 Å². The fraction of sp³-hybridized carbons (Fsp3) is 0.375. The maximum absolute atomic E-state index is 6.30. The Bertz CT molecular complexity index is 547. The molecule has 1 aromatic carbocycles. The molecule has 0 bridgehead atoms. The van der Waals surface area contributed by atoms with Crippen LogP contribution < -0.4 is 5.32 Å². The second-order valence-corrected chi connectivity index (χ2v) is 5.95. The van der Waals surface area contributed by atoms with Gasteiger partial charge in [-0.15, -0.1) is 11.3 Å². The standard InChI is InChI=1S/C16H20ClNS/c1-4-11-6-7-12(5-2)13(10-11)15(18-3)16-14(17)8-9-19-16/h6-10,15,18H,4-5H2,1-3H3. The fourth-order valence-electron chi connectivity index (χ4n) is 2.39. The van der Waals surface area contributed by atoms with E-state index < -0.39 is 0 Å². The van der Waals surface area contributed by atoms with E-state index in [0.29, 0.717) is 0 Å². The Hall–Kier alpha value is -0.830. The van der Waals surface area contributed by atoms with Crippen LogP contribution in [0.2, 0.25) is 5.02 Å². The number of benzene rings is 1. The molecule has 2 rings (SSSR count). The zero-order valence-corrected chi connectivity index (χ0v) is 13.2. The predicted octanol–water partition coefficient (Wildman–Crippen LogP) is 4.84. The Morgan fingerprint density at radius 2 is 2.00 bits per heavy atom. The van der Waals surface area contributed by atoms with E-state index in [2.05, 4.69) is 42.7 Å². The van der Waals surface area contributed by atoms with Crippen molar-refractivity contribution in [1.29, 1.82) is 0 Å². The van der Waals surface area contributed by atoms with Crippen LogP contribution in [0, 0.1) is 0 Å². The monoisotopic (exact) mass is 293 g/mol. The molecule has 1 aromatic heterocycles. The van der Waals surface area contributed by atoms with Gasteiger partial charge in [-0.05, 0) is 48.0 Å². The molecule has 1 heterocycles. The summed E-state index contributed by atoms with van der Waals surface area (Å²) in [7, 11) is 2.00. The van der Waals surface area contributed by atoms with E-state index >= 15 is 0 Å². The third kappa shape index (κ3) is 3.02. The first kappa shape index (κ1) is 14.6. The molecule has 0 radical (unpaired) electrons. The second-order valence-electron chi connectivity index (χ2n) is 4.59. The Balaban J connectivity index is 2.51. The van der Waals surface area contributed by atoms with Gasteiger partial charge in [-0.1, -0.05) is 43.6 Å². The molecular formula is C16H20ClNS. The zero-order valence-electron chi connectivity index (χ0n) is 11.7. The molecule has 0 saturated carbocycles. The summed E-state index contributed by atoms with van der Waals surface area (Å²) >= 11 is 8.02. The highest BCUT2D eigenvalue weighted by molar-refractivity contribution is 7.10. The van der Waals surface area contributed by atoms with Crippen molar-refractivity contribution in [2.75, 3.05) is 7.05 Å². The minimum absolute atomic E-state index is 0.189. The molecule has 2 aromatic rings. The molecule has 1 nitrogen and oxygen atoms in total. The highest BCUT2D eigenvalue weighted by Crippen LogP contribution is 2.34. The molecule has 0 amide bonds. The summed E-state index contributed by atoms with van der Waals surface area (Å²) in [6, 6.07) is 8.96. The minimum Gasteiger partial charge on any atom is -0.309 e. The predicted molar refractivity (Wildman–Crippen MR) is 85.4 cm³/mol. The summed E-state index contributed by atoms with van der Waals surface area (Å²) in [4.78, 5) is 1.20. The number of nitrogens with one attached hydrogen (secondary N) is 1. The molecule has 102 valence electrons. The molecule has 19 heavy (non-hydrogen) atoms. The van der Waals surface area contributed by atoms with E-state index in [-0.39, 0.29) is 6.04 Å². The molecule has 1 atom stereocenters. The van der Waals surface area contributed by atoms with Crippen LogP contribution >= 0.6 is 22.9 Å². The molecule has 3 heteroatoms. The van der Waals surface area contributed by atoms with Crippen molar-refractivity contribution in [2.45, 2.75) is 32.7 Å². The lowest BCUT2D eigenvalue weighted by atomic mass is 9.94. The van der Waals surface area contributed by atoms with Crippen molar-refractivity contribution in [3.8, 4) is 0 Å². The maximum Gasteiger partial charge on any atom is 0.0686 e. The van der Waals surface area contributed by atoms with Crippen LogP contribution in [-0.2, 0) is 12.8 Å². The summed E-state index contributed by atoms with van der Waals surface area (Å²) in [6.45, 7) is 4.39. The van der Waals surface area contributed by atoms with Crippen LogP contribution in [-0.4, -0.2) is 7.05 Å². The Kier molecular flexibility index (Phi) is 5.03. The first-order valence-electron chi connectivity index (χ1n) is 6.73. The molecule has 1 N–H and O–H groups in total. The van der Waals surface area contributed by atoms with Crippen LogP contribution in [0.15, 0.2) is 29.6 Å². The average Bonchev–Trinajstić information content (AvgIpc) is 2.86. The van der Waals surface area contributed by atoms with E-state index in [0.717, 1.165) is 17.9 Å². The van der Waals surface area contributed by atoms with Gasteiger partial charge in [0.15, 0.2) is 0 Å². The topological polar surface area (TPSA) is 12.0 Å². The molecule has 0 aliphatic heterocycles. The summed E-state index contributed by atoms with van der Waals surface area (Å²) in [5.41, 5.74) is 4.12. The van der Waals surface area contributed by atoms with Gasteiger partial charge < -0.3 is 5.32 Å². The number of thiophene rings is 1. The van der Waals surface area contributed by atoms with Gasteiger partial charge >= 0.3 is 0 Å².